The van der Waals surface area contributed by atoms with Gasteiger partial charge in [-0.2, -0.15) is 5.10 Å². The number of carbonyl (C=O) groups is 1. The monoisotopic (exact) mass is 500 g/mol. The molecule has 0 saturated heterocycles. The van der Waals surface area contributed by atoms with Crippen molar-refractivity contribution < 1.29 is 14.3 Å². The number of anilines is 2. The summed E-state index contributed by atoms with van der Waals surface area (Å²) in [5, 5.41) is 13.0. The number of urea groups is 1. The zero-order valence-electron chi connectivity index (χ0n) is 22.3. The molecule has 37 heavy (non-hydrogen) atoms. The van der Waals surface area contributed by atoms with Crippen molar-refractivity contribution in [3.05, 3.63) is 83.6 Å². The van der Waals surface area contributed by atoms with E-state index in [0.717, 1.165) is 46.2 Å². The van der Waals surface area contributed by atoms with Crippen LogP contribution in [-0.2, 0) is 21.3 Å². The second kappa shape index (κ2) is 11.6. The molecule has 0 fully saturated rings. The first kappa shape index (κ1) is 26.4. The number of ether oxygens (including phenoxy) is 2. The van der Waals surface area contributed by atoms with Crippen molar-refractivity contribution in [2.75, 3.05) is 31.1 Å². The fraction of sp³-hybridized carbons (Fsp3) is 0.333. The Labute approximate surface area is 218 Å². The highest BCUT2D eigenvalue weighted by Crippen LogP contribution is 2.29. The molecule has 0 bridgehead atoms. The van der Waals surface area contributed by atoms with Gasteiger partial charge in [-0.05, 0) is 48.9 Å². The topological polar surface area (TPSA) is 77.4 Å². The predicted molar refractivity (Wildman–Crippen MR) is 150 cm³/mol. The Morgan fingerprint density at radius 1 is 0.973 bits per heavy atom. The van der Waals surface area contributed by atoms with Crippen LogP contribution in [0.5, 0.6) is 0 Å². The highest BCUT2D eigenvalue weighted by molar-refractivity contribution is 6.06. The summed E-state index contributed by atoms with van der Waals surface area (Å²) in [5.41, 5.74) is 4.76. The minimum Gasteiger partial charge on any atom is -0.359 e. The van der Waals surface area contributed by atoms with Crippen LogP contribution in [0.4, 0.5) is 16.3 Å². The molecule has 4 aromatic rings. The zero-order chi connectivity index (χ0) is 26.4. The van der Waals surface area contributed by atoms with Crippen LogP contribution in [0.2, 0.25) is 0 Å². The van der Waals surface area contributed by atoms with Gasteiger partial charge in [0.05, 0.1) is 17.1 Å². The van der Waals surface area contributed by atoms with Crippen LogP contribution in [0.3, 0.4) is 0 Å². The molecule has 0 spiro atoms. The summed E-state index contributed by atoms with van der Waals surface area (Å²) in [6.45, 7) is 9.31. The molecule has 0 atom stereocenters. The van der Waals surface area contributed by atoms with E-state index < -0.39 is 0 Å². The number of amides is 2. The Morgan fingerprint density at radius 3 is 2.41 bits per heavy atom. The molecule has 194 valence electrons. The summed E-state index contributed by atoms with van der Waals surface area (Å²) in [4.78, 5) is 13.2. The molecule has 7 heteroatoms. The number of fused-ring (bicyclic) bond motifs is 1. The number of nitrogens with one attached hydrogen (secondary N) is 2. The molecule has 4 rings (SSSR count). The van der Waals surface area contributed by atoms with Crippen molar-refractivity contribution in [2.24, 2.45) is 0 Å². The van der Waals surface area contributed by atoms with Gasteiger partial charge in [-0.3, -0.25) is 5.32 Å². The van der Waals surface area contributed by atoms with Crippen LogP contribution in [-0.4, -0.2) is 36.3 Å². The van der Waals surface area contributed by atoms with Crippen LogP contribution >= 0.6 is 0 Å². The van der Waals surface area contributed by atoms with Gasteiger partial charge in [0.15, 0.2) is 0 Å². The second-order valence-corrected chi connectivity index (χ2v) is 10.2. The first-order valence-electron chi connectivity index (χ1n) is 12.6. The Morgan fingerprint density at radius 2 is 1.70 bits per heavy atom. The first-order valence-corrected chi connectivity index (χ1v) is 12.6. The summed E-state index contributed by atoms with van der Waals surface area (Å²) in [6, 6.07) is 21.9. The smallest absolute Gasteiger partial charge is 0.324 e. The summed E-state index contributed by atoms with van der Waals surface area (Å²) in [5.74, 6) is 0.614. The third kappa shape index (κ3) is 6.56. The summed E-state index contributed by atoms with van der Waals surface area (Å²) >= 11 is 0. The molecule has 7 nitrogen and oxygen atoms in total. The number of aromatic nitrogens is 2. The Bertz CT molecular complexity index is 1350. The molecule has 0 radical (unpaired) electrons. The molecule has 0 saturated carbocycles. The Kier molecular flexibility index (Phi) is 8.26. The van der Waals surface area contributed by atoms with Gasteiger partial charge in [0.25, 0.3) is 0 Å². The van der Waals surface area contributed by atoms with E-state index in [1.54, 1.807) is 11.8 Å². The largest absolute Gasteiger partial charge is 0.359 e. The van der Waals surface area contributed by atoms with Crippen molar-refractivity contribution in [1.82, 2.24) is 9.78 Å². The number of methoxy groups -OCH3 is 1. The van der Waals surface area contributed by atoms with Gasteiger partial charge in [0.1, 0.15) is 12.6 Å². The van der Waals surface area contributed by atoms with Crippen molar-refractivity contribution in [2.45, 2.75) is 46.0 Å². The standard InChI is InChI=1S/C30H36N4O3/c1-21-12-15-23(16-13-21)34-28(19-27(33-34)30(2,3)4)32-29(35)31-26-17-14-22(9-8-18-37-20-36-5)24-10-6-7-11-25(24)26/h6-7,10-17,19H,8-9,18,20H2,1-5H3,(H2,31,32,35). The van der Waals surface area contributed by atoms with Gasteiger partial charge >= 0.3 is 6.03 Å². The lowest BCUT2D eigenvalue weighted by Gasteiger charge is -2.14. The van der Waals surface area contributed by atoms with E-state index in [0.29, 0.717) is 19.2 Å². The lowest BCUT2D eigenvalue weighted by Crippen LogP contribution is -2.21. The van der Waals surface area contributed by atoms with Gasteiger partial charge in [-0.15, -0.1) is 0 Å². The van der Waals surface area contributed by atoms with Gasteiger partial charge in [-0.25, -0.2) is 9.48 Å². The quantitative estimate of drug-likeness (QED) is 0.195. The van der Waals surface area contributed by atoms with Crippen molar-refractivity contribution in [3.63, 3.8) is 0 Å². The summed E-state index contributed by atoms with van der Waals surface area (Å²) < 4.78 is 12.1. The molecule has 0 aliphatic rings. The van der Waals surface area contributed by atoms with Crippen LogP contribution in [0.1, 0.15) is 44.0 Å². The molecule has 0 aliphatic heterocycles. The fourth-order valence-corrected chi connectivity index (χ4v) is 4.18. The van der Waals surface area contributed by atoms with Crippen molar-refractivity contribution >= 4 is 28.3 Å². The van der Waals surface area contributed by atoms with E-state index in [-0.39, 0.29) is 11.4 Å². The molecule has 0 aliphatic carbocycles. The maximum absolute atomic E-state index is 13.2. The molecule has 3 aromatic carbocycles. The summed E-state index contributed by atoms with van der Waals surface area (Å²) in [6.07, 6.45) is 1.77. The minimum absolute atomic E-state index is 0.163. The van der Waals surface area contributed by atoms with Crippen molar-refractivity contribution in [3.8, 4) is 5.69 Å². The molecular weight excluding hydrogens is 464 g/mol. The lowest BCUT2D eigenvalue weighted by atomic mass is 9.92. The van der Waals surface area contributed by atoms with Crippen LogP contribution in [0.15, 0.2) is 66.7 Å². The second-order valence-electron chi connectivity index (χ2n) is 10.2. The highest BCUT2D eigenvalue weighted by atomic mass is 16.7. The highest BCUT2D eigenvalue weighted by Gasteiger charge is 2.22. The zero-order valence-corrected chi connectivity index (χ0v) is 22.3. The molecular formula is C30H36N4O3. The van der Waals surface area contributed by atoms with Crippen LogP contribution in [0.25, 0.3) is 16.5 Å². The number of hydrogen-bond donors (Lipinski definition) is 2. The van der Waals surface area contributed by atoms with Gasteiger partial charge in [-0.1, -0.05) is 68.8 Å². The number of rotatable bonds is 9. The molecule has 2 N–H and O–H groups in total. The lowest BCUT2D eigenvalue weighted by molar-refractivity contribution is -0.0309. The number of carbonyl (C=O) groups excluding carboxylic acids is 1. The first-order chi connectivity index (χ1) is 17.8. The van der Waals surface area contributed by atoms with E-state index in [1.165, 1.54) is 5.56 Å². The minimum atomic E-state index is -0.320. The normalized spacial score (nSPS) is 11.6. The van der Waals surface area contributed by atoms with Crippen LogP contribution < -0.4 is 10.6 Å². The van der Waals surface area contributed by atoms with Gasteiger partial charge < -0.3 is 14.8 Å². The van der Waals surface area contributed by atoms with Crippen LogP contribution in [0, 0.1) is 6.92 Å². The molecule has 0 unspecified atom stereocenters. The third-order valence-electron chi connectivity index (χ3n) is 6.20. The predicted octanol–water partition coefficient (Wildman–Crippen LogP) is 6.83. The number of nitrogens with zero attached hydrogens (tertiary/aromatic N) is 2. The fourth-order valence-electron chi connectivity index (χ4n) is 4.18. The SMILES string of the molecule is COCOCCCc1ccc(NC(=O)Nc2cc(C(C)(C)C)nn2-c2ccc(C)cc2)c2ccccc12. The molecule has 2 amide bonds. The average molecular weight is 501 g/mol. The molecule has 1 heterocycles. The average Bonchev–Trinajstić information content (AvgIpc) is 3.29. The Hall–Kier alpha value is -3.68. The number of benzene rings is 3. The third-order valence-corrected chi connectivity index (χ3v) is 6.20. The van der Waals surface area contributed by atoms with E-state index in [9.17, 15) is 4.79 Å². The molecule has 1 aromatic heterocycles. The maximum Gasteiger partial charge on any atom is 0.324 e. The van der Waals surface area contributed by atoms with E-state index in [4.69, 9.17) is 14.6 Å². The van der Waals surface area contributed by atoms with Crippen molar-refractivity contribution in [1.29, 1.82) is 0 Å². The van der Waals surface area contributed by atoms with Gasteiger partial charge in [0, 0.05) is 30.6 Å². The van der Waals surface area contributed by atoms with E-state index in [1.807, 2.05) is 61.5 Å². The van der Waals surface area contributed by atoms with E-state index in [2.05, 4.69) is 43.5 Å². The maximum atomic E-state index is 13.2. The number of aryl methyl sites for hydroxylation is 2. The summed E-state index contributed by atoms with van der Waals surface area (Å²) in [7, 11) is 1.62. The Balaban J connectivity index is 1.55. The van der Waals surface area contributed by atoms with Gasteiger partial charge in [0.2, 0.25) is 0 Å². The van der Waals surface area contributed by atoms with E-state index >= 15 is 0 Å². The number of hydrogen-bond acceptors (Lipinski definition) is 4.